The fourth-order valence-electron chi connectivity index (χ4n) is 6.08. The third kappa shape index (κ3) is 9.51. The molecule has 0 spiro atoms. The van der Waals surface area contributed by atoms with E-state index in [-0.39, 0.29) is 23.6 Å². The van der Waals surface area contributed by atoms with Crippen LogP contribution in [0, 0.1) is 0 Å². The van der Waals surface area contributed by atoms with Crippen molar-refractivity contribution in [2.75, 3.05) is 75.8 Å². The largest absolute Gasteiger partial charge is 0.416 e. The molecule has 1 aromatic heterocycles. The van der Waals surface area contributed by atoms with Gasteiger partial charge in [-0.3, -0.25) is 24.3 Å². The van der Waals surface area contributed by atoms with Crippen molar-refractivity contribution < 1.29 is 32.3 Å². The van der Waals surface area contributed by atoms with E-state index in [1.165, 1.54) is 24.4 Å². The molecular weight excluding hydrogens is 675 g/mol. The molecule has 2 saturated heterocycles. The molecule has 0 radical (unpaired) electrons. The predicted octanol–water partition coefficient (Wildman–Crippen LogP) is 4.42. The molecule has 272 valence electrons. The molecule has 3 heterocycles. The monoisotopic (exact) mass is 715 g/mol. The average molecular weight is 716 g/mol. The number of nitrogens with one attached hydrogen (secondary N) is 4. The number of nitrogens with zero attached hydrogens (tertiary/aromatic N) is 3. The first kappa shape index (κ1) is 36.5. The number of anilines is 2. The fraction of sp³-hybridized carbons (Fsp3) is 0.316. The first-order chi connectivity index (χ1) is 25.1. The van der Waals surface area contributed by atoms with E-state index in [1.807, 2.05) is 12.1 Å². The van der Waals surface area contributed by atoms with Crippen LogP contribution in [0.5, 0.6) is 0 Å². The lowest BCUT2D eigenvalue weighted by atomic mass is 10.0. The third-order valence-electron chi connectivity index (χ3n) is 8.94. The summed E-state index contributed by atoms with van der Waals surface area (Å²) in [5.41, 5.74) is 2.72. The van der Waals surface area contributed by atoms with Gasteiger partial charge in [0.1, 0.15) is 0 Å². The second-order valence-corrected chi connectivity index (χ2v) is 12.5. The molecule has 4 N–H and O–H groups in total. The fourth-order valence-corrected chi connectivity index (χ4v) is 6.08. The number of rotatable bonds is 11. The van der Waals surface area contributed by atoms with Gasteiger partial charge in [0.2, 0.25) is 0 Å². The molecule has 0 bridgehead atoms. The number of pyridine rings is 1. The molecule has 11 nitrogen and oxygen atoms in total. The zero-order valence-corrected chi connectivity index (χ0v) is 28.5. The van der Waals surface area contributed by atoms with Crippen molar-refractivity contribution in [1.29, 1.82) is 0 Å². The minimum absolute atomic E-state index is 0.106. The Balaban J connectivity index is 1.19. The van der Waals surface area contributed by atoms with Gasteiger partial charge >= 0.3 is 6.18 Å². The first-order valence-electron chi connectivity index (χ1n) is 17.1. The lowest BCUT2D eigenvalue weighted by molar-refractivity contribution is -0.137. The molecule has 4 aromatic rings. The molecule has 3 amide bonds. The van der Waals surface area contributed by atoms with Crippen molar-refractivity contribution in [3.63, 3.8) is 0 Å². The second kappa shape index (κ2) is 16.8. The van der Waals surface area contributed by atoms with E-state index in [4.69, 9.17) is 4.74 Å². The van der Waals surface area contributed by atoms with E-state index in [0.717, 1.165) is 57.1 Å². The lowest BCUT2D eigenvalue weighted by Gasteiger charge is -2.30. The Kier molecular flexibility index (Phi) is 11.8. The first-order valence-corrected chi connectivity index (χ1v) is 17.1. The highest BCUT2D eigenvalue weighted by Gasteiger charge is 2.30. The number of halogens is 3. The van der Waals surface area contributed by atoms with Gasteiger partial charge in [-0.2, -0.15) is 13.2 Å². The van der Waals surface area contributed by atoms with Crippen LogP contribution >= 0.6 is 0 Å². The highest BCUT2D eigenvalue weighted by Crippen LogP contribution is 2.33. The number of morpholine rings is 1. The molecule has 0 aliphatic carbocycles. The SMILES string of the molecule is O=C(NCCN1CCOCC1)c1cccc(C(=O)Nc2ccc(N3CCNCC3)cc2-c2cc(C(=O)NCc3cccc(C(F)(F)F)c3)ccn2)c1. The number of carbonyl (C=O) groups is 3. The van der Waals surface area contributed by atoms with Crippen molar-refractivity contribution in [2.45, 2.75) is 12.7 Å². The summed E-state index contributed by atoms with van der Waals surface area (Å²) in [4.78, 5) is 48.7. The van der Waals surface area contributed by atoms with Crippen LogP contribution in [-0.4, -0.2) is 93.2 Å². The number of aromatic nitrogens is 1. The summed E-state index contributed by atoms with van der Waals surface area (Å²) in [6.45, 7) is 7.22. The van der Waals surface area contributed by atoms with Crippen molar-refractivity contribution >= 4 is 29.1 Å². The van der Waals surface area contributed by atoms with Gasteiger partial charge in [-0.1, -0.05) is 18.2 Å². The lowest BCUT2D eigenvalue weighted by Crippen LogP contribution is -2.43. The van der Waals surface area contributed by atoms with Gasteiger partial charge < -0.3 is 30.9 Å². The van der Waals surface area contributed by atoms with E-state index < -0.39 is 23.6 Å². The Morgan fingerprint density at radius 3 is 2.27 bits per heavy atom. The standard InChI is InChI=1S/C38H40F3N7O4/c39-38(40,41)30-6-1-3-26(21-30)25-45-36(50)29-9-10-43-34(23-29)32-24-31(48-15-11-42-12-16-48)7-8-33(32)46-37(51)28-5-2-4-27(22-28)35(49)44-13-14-47-17-19-52-20-18-47/h1-10,21-24,42H,11-20,25H2,(H,44,49)(H,45,50)(H,46,51). The number of piperazine rings is 1. The zero-order chi connectivity index (χ0) is 36.5. The van der Waals surface area contributed by atoms with Gasteiger partial charge in [0.25, 0.3) is 17.7 Å². The van der Waals surface area contributed by atoms with Gasteiger partial charge in [0, 0.05) is 93.0 Å². The van der Waals surface area contributed by atoms with Crippen molar-refractivity contribution in [3.05, 3.63) is 113 Å². The predicted molar refractivity (Wildman–Crippen MR) is 191 cm³/mol. The minimum Gasteiger partial charge on any atom is -0.379 e. The third-order valence-corrected chi connectivity index (χ3v) is 8.94. The van der Waals surface area contributed by atoms with Gasteiger partial charge in [-0.05, 0) is 66.2 Å². The van der Waals surface area contributed by atoms with E-state index in [9.17, 15) is 27.6 Å². The van der Waals surface area contributed by atoms with E-state index >= 15 is 0 Å². The summed E-state index contributed by atoms with van der Waals surface area (Å²) in [5, 5.41) is 11.9. The van der Waals surface area contributed by atoms with Crippen LogP contribution in [0.4, 0.5) is 24.5 Å². The maximum Gasteiger partial charge on any atom is 0.416 e. The van der Waals surface area contributed by atoms with Crippen molar-refractivity contribution in [3.8, 4) is 11.3 Å². The molecule has 0 saturated carbocycles. The number of hydrogen-bond acceptors (Lipinski definition) is 8. The summed E-state index contributed by atoms with van der Waals surface area (Å²) < 4.78 is 44.9. The maximum absolute atomic E-state index is 13.6. The van der Waals surface area contributed by atoms with Crippen molar-refractivity contribution in [2.24, 2.45) is 0 Å². The topological polar surface area (TPSA) is 128 Å². The number of alkyl halides is 3. The van der Waals surface area contributed by atoms with Crippen LogP contribution < -0.4 is 26.2 Å². The Morgan fingerprint density at radius 2 is 1.50 bits per heavy atom. The van der Waals surface area contributed by atoms with Crippen LogP contribution in [0.25, 0.3) is 11.3 Å². The number of amides is 3. The average Bonchev–Trinajstić information content (AvgIpc) is 3.17. The van der Waals surface area contributed by atoms with Gasteiger partial charge in [0.15, 0.2) is 0 Å². The van der Waals surface area contributed by atoms with Crippen LogP contribution in [0.1, 0.15) is 42.2 Å². The van der Waals surface area contributed by atoms with Gasteiger partial charge in [0.05, 0.1) is 30.2 Å². The summed E-state index contributed by atoms with van der Waals surface area (Å²) in [6, 6.07) is 20.0. The molecule has 0 atom stereocenters. The van der Waals surface area contributed by atoms with Crippen molar-refractivity contribution in [1.82, 2.24) is 25.8 Å². The number of benzene rings is 3. The highest BCUT2D eigenvalue weighted by molar-refractivity contribution is 6.08. The maximum atomic E-state index is 13.6. The molecule has 2 fully saturated rings. The molecule has 2 aliphatic rings. The Hall–Kier alpha value is -5.31. The van der Waals surface area contributed by atoms with Crippen LogP contribution in [0.15, 0.2) is 85.1 Å². The van der Waals surface area contributed by atoms with Crippen LogP contribution in [-0.2, 0) is 17.5 Å². The second-order valence-electron chi connectivity index (χ2n) is 12.5. The van der Waals surface area contributed by atoms with Gasteiger partial charge in [-0.15, -0.1) is 0 Å². The molecule has 0 unspecified atom stereocenters. The van der Waals surface area contributed by atoms with E-state index in [2.05, 4.69) is 36.1 Å². The van der Waals surface area contributed by atoms with Crippen LogP contribution in [0.3, 0.4) is 0 Å². The highest BCUT2D eigenvalue weighted by atomic mass is 19.4. The number of carbonyl (C=O) groups excluding carboxylic acids is 3. The number of ether oxygens (including phenoxy) is 1. The molecular formula is C38H40F3N7O4. The van der Waals surface area contributed by atoms with Gasteiger partial charge in [-0.25, -0.2) is 0 Å². The smallest absolute Gasteiger partial charge is 0.379 e. The zero-order valence-electron chi connectivity index (χ0n) is 28.5. The molecule has 6 rings (SSSR count). The Labute approximate surface area is 299 Å². The Bertz CT molecular complexity index is 1890. The minimum atomic E-state index is -4.49. The van der Waals surface area contributed by atoms with E-state index in [1.54, 1.807) is 36.4 Å². The normalized spacial score (nSPS) is 15.2. The summed E-state index contributed by atoms with van der Waals surface area (Å²) in [7, 11) is 0. The molecule has 14 heteroatoms. The Morgan fingerprint density at radius 1 is 0.788 bits per heavy atom. The summed E-state index contributed by atoms with van der Waals surface area (Å²) in [6.07, 6.45) is -3.02. The summed E-state index contributed by atoms with van der Waals surface area (Å²) in [5.74, 6) is -1.21. The molecule has 52 heavy (non-hydrogen) atoms. The van der Waals surface area contributed by atoms with E-state index in [0.29, 0.717) is 54.4 Å². The number of hydrogen-bond donors (Lipinski definition) is 4. The molecule has 2 aliphatic heterocycles. The van der Waals surface area contributed by atoms with Crippen LogP contribution in [0.2, 0.25) is 0 Å². The summed E-state index contributed by atoms with van der Waals surface area (Å²) >= 11 is 0. The quantitative estimate of drug-likeness (QED) is 0.180. The molecule has 3 aromatic carbocycles.